The van der Waals surface area contributed by atoms with Gasteiger partial charge in [0.2, 0.25) is 0 Å². The van der Waals surface area contributed by atoms with Crippen LogP contribution in [0.2, 0.25) is 0 Å². The van der Waals surface area contributed by atoms with Gasteiger partial charge in [-0.1, -0.05) is 0 Å². The number of rotatable bonds is 9. The first-order chi connectivity index (χ1) is 9.93. The monoisotopic (exact) mass is 330 g/mol. The lowest BCUT2D eigenvalue weighted by Crippen LogP contribution is -2.57. The molecule has 8 unspecified atom stereocenters. The molecule has 10 N–H and O–H groups in total. The van der Waals surface area contributed by atoms with Crippen LogP contribution in [0.5, 0.6) is 0 Å². The minimum Gasteiger partial charge on any atom is -0.479 e. The fraction of sp³-hybridized carbons (Fsp3) is 0.800. The van der Waals surface area contributed by atoms with E-state index in [4.69, 9.17) is 20.4 Å². The van der Waals surface area contributed by atoms with Gasteiger partial charge in [0, 0.05) is 0 Å². The number of carbonyl (C=O) groups is 2. The van der Waals surface area contributed by atoms with Crippen molar-refractivity contribution in [3.05, 3.63) is 0 Å². The van der Waals surface area contributed by atoms with Gasteiger partial charge < -0.3 is 51.1 Å². The van der Waals surface area contributed by atoms with Crippen LogP contribution in [0.4, 0.5) is 0 Å². The van der Waals surface area contributed by atoms with Crippen molar-refractivity contribution < 1.29 is 60.7 Å². The number of aliphatic hydroxyl groups excluding tert-OH is 8. The van der Waals surface area contributed by atoms with Crippen LogP contribution in [-0.2, 0) is 9.59 Å². The van der Waals surface area contributed by atoms with E-state index in [2.05, 4.69) is 0 Å². The average Bonchev–Trinajstić information content (AvgIpc) is 2.48. The van der Waals surface area contributed by atoms with Crippen LogP contribution >= 0.6 is 0 Å². The summed E-state index contributed by atoms with van der Waals surface area (Å²) in [7, 11) is 0. The van der Waals surface area contributed by atoms with Crippen LogP contribution in [0.25, 0.3) is 0 Å². The van der Waals surface area contributed by atoms with Crippen molar-refractivity contribution in [1.29, 1.82) is 0 Å². The van der Waals surface area contributed by atoms with Crippen LogP contribution in [0, 0.1) is 0 Å². The minimum absolute atomic E-state index is 1.95. The Balaban J connectivity index is 4.93. The fourth-order valence-corrected chi connectivity index (χ4v) is 1.47. The number of hydrogen-bond donors (Lipinski definition) is 10. The molecule has 0 radical (unpaired) electrons. The quantitative estimate of drug-likeness (QED) is 0.190. The molecule has 0 amide bonds. The molecule has 0 fully saturated rings. The van der Waals surface area contributed by atoms with Gasteiger partial charge in [-0.2, -0.15) is 0 Å². The van der Waals surface area contributed by atoms with Gasteiger partial charge in [0.1, 0.15) is 36.6 Å². The van der Waals surface area contributed by atoms with Gasteiger partial charge in [0.05, 0.1) is 0 Å². The second kappa shape index (κ2) is 8.30. The standard InChI is InChI=1S/C10H18O12/c11-1(3(13)5(15)7(17)9(19)20)2(12)4(14)6(16)8(18)10(21)22/h1-8,11-18H,(H,19,20)(H,21,22). The number of aliphatic carboxylic acids is 2. The van der Waals surface area contributed by atoms with Crippen LogP contribution in [0.1, 0.15) is 0 Å². The van der Waals surface area contributed by atoms with Crippen molar-refractivity contribution >= 4 is 11.9 Å². The van der Waals surface area contributed by atoms with Crippen molar-refractivity contribution in [2.24, 2.45) is 0 Å². The Labute approximate surface area is 122 Å². The van der Waals surface area contributed by atoms with Crippen molar-refractivity contribution in [3.8, 4) is 0 Å². The number of aliphatic hydroxyl groups is 8. The zero-order valence-electron chi connectivity index (χ0n) is 10.9. The van der Waals surface area contributed by atoms with E-state index in [1.807, 2.05) is 0 Å². The van der Waals surface area contributed by atoms with E-state index in [1.165, 1.54) is 0 Å². The van der Waals surface area contributed by atoms with Gasteiger partial charge in [-0.25, -0.2) is 9.59 Å². The topological polar surface area (TPSA) is 236 Å². The predicted octanol–water partition coefficient (Wildman–Crippen LogP) is -5.96. The van der Waals surface area contributed by atoms with Gasteiger partial charge in [-0.15, -0.1) is 0 Å². The van der Waals surface area contributed by atoms with Gasteiger partial charge in [0.25, 0.3) is 0 Å². The number of hydrogen-bond acceptors (Lipinski definition) is 10. The molecule has 12 heteroatoms. The molecule has 0 aliphatic rings. The van der Waals surface area contributed by atoms with E-state index in [9.17, 15) is 40.2 Å². The van der Waals surface area contributed by atoms with Gasteiger partial charge in [0.15, 0.2) is 12.2 Å². The Morgan fingerprint density at radius 3 is 0.818 bits per heavy atom. The first-order valence-corrected chi connectivity index (χ1v) is 5.83. The number of carboxylic acid groups (broad SMARTS) is 2. The smallest absolute Gasteiger partial charge is 0.335 e. The summed E-state index contributed by atoms with van der Waals surface area (Å²) < 4.78 is 0. The van der Waals surface area contributed by atoms with Crippen molar-refractivity contribution in [1.82, 2.24) is 0 Å². The average molecular weight is 330 g/mol. The predicted molar refractivity (Wildman–Crippen MR) is 63.3 cm³/mol. The maximum Gasteiger partial charge on any atom is 0.335 e. The van der Waals surface area contributed by atoms with E-state index < -0.39 is 60.8 Å². The summed E-state index contributed by atoms with van der Waals surface area (Å²) in [4.78, 5) is 20.8. The molecule has 0 aromatic heterocycles. The molecule has 0 aliphatic carbocycles. The molecule has 130 valence electrons. The highest BCUT2D eigenvalue weighted by molar-refractivity contribution is 5.73. The van der Waals surface area contributed by atoms with Crippen molar-refractivity contribution in [3.63, 3.8) is 0 Å². The molecule has 12 nitrogen and oxygen atoms in total. The zero-order valence-corrected chi connectivity index (χ0v) is 10.9. The summed E-state index contributed by atoms with van der Waals surface area (Å²) in [5, 5.41) is 91.0. The highest BCUT2D eigenvalue weighted by Gasteiger charge is 2.43. The van der Waals surface area contributed by atoms with E-state index in [-0.39, 0.29) is 0 Å². The Morgan fingerprint density at radius 1 is 0.455 bits per heavy atom. The molecule has 22 heavy (non-hydrogen) atoms. The second-order valence-corrected chi connectivity index (χ2v) is 4.51. The molecule has 0 aromatic rings. The summed E-state index contributed by atoms with van der Waals surface area (Å²) in [6.07, 6.45) is -19.9. The molecule has 0 rings (SSSR count). The molecule has 0 saturated carbocycles. The zero-order chi connectivity index (χ0) is 17.8. The molecule has 8 atom stereocenters. The lowest BCUT2D eigenvalue weighted by atomic mass is 9.93. The Kier molecular flexibility index (Phi) is 7.78. The summed E-state index contributed by atoms with van der Waals surface area (Å²) in [6.45, 7) is 0. The van der Waals surface area contributed by atoms with E-state index in [0.717, 1.165) is 0 Å². The van der Waals surface area contributed by atoms with Gasteiger partial charge in [-0.3, -0.25) is 0 Å². The lowest BCUT2D eigenvalue weighted by molar-refractivity contribution is -0.189. The largest absolute Gasteiger partial charge is 0.479 e. The van der Waals surface area contributed by atoms with Gasteiger partial charge >= 0.3 is 11.9 Å². The first-order valence-electron chi connectivity index (χ1n) is 5.83. The maximum absolute atomic E-state index is 10.4. The minimum atomic E-state index is -2.52. The normalized spacial score (nSPS) is 22.7. The van der Waals surface area contributed by atoms with E-state index in [0.29, 0.717) is 0 Å². The highest BCUT2D eigenvalue weighted by Crippen LogP contribution is 2.14. The second-order valence-electron chi connectivity index (χ2n) is 4.51. The molecule has 0 spiro atoms. The SMILES string of the molecule is O=C(O)C(O)C(O)C(O)C(O)C(O)C(O)C(O)C(O)C(=O)O. The third-order valence-electron chi connectivity index (χ3n) is 2.90. The van der Waals surface area contributed by atoms with Crippen LogP contribution in [0.3, 0.4) is 0 Å². The number of carboxylic acids is 2. The summed E-state index contributed by atoms with van der Waals surface area (Å²) in [5.41, 5.74) is 0. The lowest BCUT2D eigenvalue weighted by Gasteiger charge is -2.32. The molecule has 0 bridgehead atoms. The third kappa shape index (κ3) is 4.82. The maximum atomic E-state index is 10.4. The van der Waals surface area contributed by atoms with Crippen LogP contribution in [0.15, 0.2) is 0 Å². The van der Waals surface area contributed by atoms with Gasteiger partial charge in [-0.05, 0) is 0 Å². The fourth-order valence-electron chi connectivity index (χ4n) is 1.47. The van der Waals surface area contributed by atoms with E-state index >= 15 is 0 Å². The molecule has 0 saturated heterocycles. The van der Waals surface area contributed by atoms with Crippen LogP contribution < -0.4 is 0 Å². The Morgan fingerprint density at radius 2 is 0.636 bits per heavy atom. The van der Waals surface area contributed by atoms with Crippen molar-refractivity contribution in [2.75, 3.05) is 0 Å². The highest BCUT2D eigenvalue weighted by atomic mass is 16.4. The summed E-state index contributed by atoms with van der Waals surface area (Å²) in [6, 6.07) is 0. The third-order valence-corrected chi connectivity index (χ3v) is 2.90. The Bertz CT molecular complexity index is 350. The summed E-state index contributed by atoms with van der Waals surface area (Å²) in [5.74, 6) is -3.90. The molecule has 0 aliphatic heterocycles. The first kappa shape index (κ1) is 20.6. The van der Waals surface area contributed by atoms with Crippen LogP contribution in [-0.4, -0.2) is 112 Å². The van der Waals surface area contributed by atoms with E-state index in [1.54, 1.807) is 0 Å². The summed E-state index contributed by atoms with van der Waals surface area (Å²) >= 11 is 0. The Hall–Kier alpha value is -1.38. The van der Waals surface area contributed by atoms with Crippen molar-refractivity contribution in [2.45, 2.75) is 48.8 Å². The molecule has 0 heterocycles. The molecule has 0 aromatic carbocycles. The molecular formula is C10H18O12. The molecular weight excluding hydrogens is 312 g/mol.